The third kappa shape index (κ3) is 4.35. The maximum atomic E-state index is 13.3. The van der Waals surface area contributed by atoms with E-state index in [0.29, 0.717) is 6.54 Å². The second kappa shape index (κ2) is 7.05. The van der Waals surface area contributed by atoms with Crippen molar-refractivity contribution in [2.75, 3.05) is 6.61 Å². The van der Waals surface area contributed by atoms with Crippen LogP contribution in [0.3, 0.4) is 0 Å². The van der Waals surface area contributed by atoms with Crippen molar-refractivity contribution in [3.05, 3.63) is 64.4 Å². The van der Waals surface area contributed by atoms with Gasteiger partial charge >= 0.3 is 0 Å². The van der Waals surface area contributed by atoms with Crippen LogP contribution in [0, 0.1) is 5.82 Å². The van der Waals surface area contributed by atoms with Crippen LogP contribution in [-0.4, -0.2) is 12.5 Å². The highest BCUT2D eigenvalue weighted by molar-refractivity contribution is 9.10. The fraction of sp³-hybridized carbons (Fsp3) is 0.133. The van der Waals surface area contributed by atoms with Crippen LogP contribution < -0.4 is 10.1 Å². The molecule has 0 bridgehead atoms. The molecule has 0 saturated carbocycles. The molecule has 1 amide bonds. The van der Waals surface area contributed by atoms with E-state index >= 15 is 0 Å². The molecule has 0 unspecified atom stereocenters. The summed E-state index contributed by atoms with van der Waals surface area (Å²) < 4.78 is 19.3. The zero-order chi connectivity index (χ0) is 14.4. The van der Waals surface area contributed by atoms with Gasteiger partial charge in [-0.2, -0.15) is 0 Å². The maximum Gasteiger partial charge on any atom is 0.258 e. The van der Waals surface area contributed by atoms with Crippen LogP contribution in [0.15, 0.2) is 53.0 Å². The van der Waals surface area contributed by atoms with E-state index in [0.717, 1.165) is 10.0 Å². The smallest absolute Gasteiger partial charge is 0.258 e. The van der Waals surface area contributed by atoms with E-state index in [9.17, 15) is 9.18 Å². The monoisotopic (exact) mass is 337 g/mol. The molecule has 1 N–H and O–H groups in total. The van der Waals surface area contributed by atoms with Gasteiger partial charge in [-0.25, -0.2) is 4.39 Å². The predicted molar refractivity (Wildman–Crippen MR) is 77.9 cm³/mol. The lowest BCUT2D eigenvalue weighted by Gasteiger charge is -2.08. The van der Waals surface area contributed by atoms with Crippen LogP contribution in [0.25, 0.3) is 0 Å². The Morgan fingerprint density at radius 3 is 2.75 bits per heavy atom. The highest BCUT2D eigenvalue weighted by atomic mass is 79.9. The topological polar surface area (TPSA) is 38.3 Å². The van der Waals surface area contributed by atoms with E-state index in [1.807, 2.05) is 24.3 Å². The van der Waals surface area contributed by atoms with Crippen LogP contribution in [0.1, 0.15) is 5.56 Å². The average Bonchev–Trinajstić information content (AvgIpc) is 2.44. The fourth-order valence-electron chi connectivity index (χ4n) is 1.60. The molecular weight excluding hydrogens is 325 g/mol. The third-order valence-electron chi connectivity index (χ3n) is 2.57. The maximum absolute atomic E-state index is 13.3. The van der Waals surface area contributed by atoms with Crippen LogP contribution in [0.4, 0.5) is 4.39 Å². The van der Waals surface area contributed by atoms with Crippen LogP contribution in [0.2, 0.25) is 0 Å². The molecule has 3 nitrogen and oxygen atoms in total. The van der Waals surface area contributed by atoms with E-state index in [2.05, 4.69) is 21.2 Å². The highest BCUT2D eigenvalue weighted by Crippen LogP contribution is 2.15. The molecule has 0 aliphatic heterocycles. The lowest BCUT2D eigenvalue weighted by molar-refractivity contribution is -0.123. The van der Waals surface area contributed by atoms with Crippen molar-refractivity contribution in [3.8, 4) is 5.75 Å². The SMILES string of the molecule is O=C(COc1ccccc1F)NCc1cccc(Br)c1. The molecule has 2 rings (SSSR count). The number of carbonyl (C=O) groups is 1. The molecule has 0 spiro atoms. The van der Waals surface area contributed by atoms with Gasteiger partial charge in [0.25, 0.3) is 5.91 Å². The fourth-order valence-corrected chi connectivity index (χ4v) is 2.05. The summed E-state index contributed by atoms with van der Waals surface area (Å²) in [6, 6.07) is 13.6. The number of benzene rings is 2. The second-order valence-electron chi connectivity index (χ2n) is 4.13. The van der Waals surface area contributed by atoms with E-state index < -0.39 is 5.82 Å². The molecule has 0 heterocycles. The van der Waals surface area contributed by atoms with Gasteiger partial charge in [-0.15, -0.1) is 0 Å². The Hall–Kier alpha value is -1.88. The summed E-state index contributed by atoms with van der Waals surface area (Å²) in [5.41, 5.74) is 0.971. The first-order valence-corrected chi connectivity index (χ1v) is 6.83. The zero-order valence-electron chi connectivity index (χ0n) is 10.6. The summed E-state index contributed by atoms with van der Waals surface area (Å²) in [5, 5.41) is 2.71. The number of hydrogen-bond donors (Lipinski definition) is 1. The Kier molecular flexibility index (Phi) is 5.12. The van der Waals surface area contributed by atoms with Gasteiger partial charge in [0.05, 0.1) is 0 Å². The van der Waals surface area contributed by atoms with Crippen molar-refractivity contribution in [1.29, 1.82) is 0 Å². The molecule has 0 aliphatic rings. The summed E-state index contributed by atoms with van der Waals surface area (Å²) >= 11 is 3.36. The van der Waals surface area contributed by atoms with Crippen molar-refractivity contribution >= 4 is 21.8 Å². The number of para-hydroxylation sites is 1. The molecule has 0 atom stereocenters. The zero-order valence-corrected chi connectivity index (χ0v) is 12.2. The van der Waals surface area contributed by atoms with Gasteiger partial charge in [0.2, 0.25) is 0 Å². The minimum atomic E-state index is -0.479. The summed E-state index contributed by atoms with van der Waals surface area (Å²) in [6.45, 7) is 0.188. The molecular formula is C15H13BrFNO2. The minimum absolute atomic E-state index is 0.0742. The predicted octanol–water partition coefficient (Wildman–Crippen LogP) is 3.28. The Morgan fingerprint density at radius 1 is 1.20 bits per heavy atom. The number of amides is 1. The number of carbonyl (C=O) groups excluding carboxylic acids is 1. The number of halogens is 2. The highest BCUT2D eigenvalue weighted by Gasteiger charge is 2.06. The molecule has 2 aromatic carbocycles. The van der Waals surface area contributed by atoms with Crippen molar-refractivity contribution in [2.45, 2.75) is 6.54 Å². The van der Waals surface area contributed by atoms with Gasteiger partial charge in [-0.1, -0.05) is 40.2 Å². The summed E-state index contributed by atoms with van der Waals surface area (Å²) in [4.78, 5) is 11.6. The minimum Gasteiger partial charge on any atom is -0.481 e. The van der Waals surface area contributed by atoms with E-state index in [1.54, 1.807) is 12.1 Å². The molecule has 0 aliphatic carbocycles. The Bertz CT molecular complexity index is 604. The van der Waals surface area contributed by atoms with Gasteiger partial charge in [-0.3, -0.25) is 4.79 Å². The van der Waals surface area contributed by atoms with Gasteiger partial charge in [-0.05, 0) is 29.8 Å². The van der Waals surface area contributed by atoms with Gasteiger partial charge in [0.1, 0.15) is 0 Å². The van der Waals surface area contributed by atoms with Crippen molar-refractivity contribution < 1.29 is 13.9 Å². The van der Waals surface area contributed by atoms with E-state index in [1.165, 1.54) is 12.1 Å². The Labute approximate surface area is 124 Å². The molecule has 0 fully saturated rings. The summed E-state index contributed by atoms with van der Waals surface area (Å²) in [6.07, 6.45) is 0. The van der Waals surface area contributed by atoms with Gasteiger partial charge < -0.3 is 10.1 Å². The van der Waals surface area contributed by atoms with Gasteiger partial charge in [0, 0.05) is 11.0 Å². The largest absolute Gasteiger partial charge is 0.481 e. The lowest BCUT2D eigenvalue weighted by atomic mass is 10.2. The standard InChI is InChI=1S/C15H13BrFNO2/c16-12-5-3-4-11(8-12)9-18-15(19)10-20-14-7-2-1-6-13(14)17/h1-8H,9-10H2,(H,18,19). The quantitative estimate of drug-likeness (QED) is 0.909. The van der Waals surface area contributed by atoms with E-state index in [-0.39, 0.29) is 18.3 Å². The first-order chi connectivity index (χ1) is 9.65. The molecule has 0 radical (unpaired) electrons. The molecule has 20 heavy (non-hydrogen) atoms. The van der Waals surface area contributed by atoms with Crippen molar-refractivity contribution in [3.63, 3.8) is 0 Å². The normalized spacial score (nSPS) is 10.1. The van der Waals surface area contributed by atoms with Crippen LogP contribution >= 0.6 is 15.9 Å². The number of nitrogens with one attached hydrogen (secondary N) is 1. The Morgan fingerprint density at radius 2 is 2.00 bits per heavy atom. The van der Waals surface area contributed by atoms with Crippen LogP contribution in [0.5, 0.6) is 5.75 Å². The molecule has 5 heteroatoms. The number of hydrogen-bond acceptors (Lipinski definition) is 2. The molecule has 104 valence electrons. The van der Waals surface area contributed by atoms with Gasteiger partial charge in [0.15, 0.2) is 18.2 Å². The summed E-state index contributed by atoms with van der Waals surface area (Å²) in [5.74, 6) is -0.703. The number of ether oxygens (including phenoxy) is 1. The second-order valence-corrected chi connectivity index (χ2v) is 5.04. The van der Waals surface area contributed by atoms with E-state index in [4.69, 9.17) is 4.74 Å². The lowest BCUT2D eigenvalue weighted by Crippen LogP contribution is -2.28. The number of rotatable bonds is 5. The van der Waals surface area contributed by atoms with Crippen molar-refractivity contribution in [2.24, 2.45) is 0 Å². The first-order valence-electron chi connectivity index (χ1n) is 6.03. The molecule has 0 saturated heterocycles. The summed E-state index contributed by atoms with van der Waals surface area (Å²) in [7, 11) is 0. The van der Waals surface area contributed by atoms with Crippen LogP contribution in [-0.2, 0) is 11.3 Å². The molecule has 2 aromatic rings. The molecule has 0 aromatic heterocycles. The average molecular weight is 338 g/mol. The van der Waals surface area contributed by atoms with Crippen molar-refractivity contribution in [1.82, 2.24) is 5.32 Å². The first kappa shape index (κ1) is 14.5. The third-order valence-corrected chi connectivity index (χ3v) is 3.07. The Balaban J connectivity index is 1.80.